The van der Waals surface area contributed by atoms with Gasteiger partial charge in [-0.1, -0.05) is 27.7 Å². The van der Waals surface area contributed by atoms with Gasteiger partial charge in [-0.25, -0.2) is 4.79 Å². The average molecular weight is 804 g/mol. The number of ether oxygens (including phenoxy) is 9. The maximum atomic E-state index is 14.4. The summed E-state index contributed by atoms with van der Waals surface area (Å²) >= 11 is 0. The van der Waals surface area contributed by atoms with E-state index in [9.17, 15) is 29.7 Å². The molecule has 4 aliphatic heterocycles. The number of rotatable bonds is 8. The predicted octanol–water partition coefficient (Wildman–Crippen LogP) is 3.33. The lowest BCUT2D eigenvalue weighted by atomic mass is 9.73. The highest BCUT2D eigenvalue weighted by molar-refractivity contribution is 5.73. The number of hydrogen-bond donors (Lipinski definition) is 3. The van der Waals surface area contributed by atoms with Crippen molar-refractivity contribution in [1.29, 1.82) is 0 Å². The molecule has 56 heavy (non-hydrogen) atoms. The molecule has 0 spiro atoms. The summed E-state index contributed by atoms with van der Waals surface area (Å²) < 4.78 is 55.3. The molecule has 0 unspecified atom stereocenters. The SMILES string of the molecule is CC[C@@H]1OC(=O)[C@H](C)[C@@H](O[C@H]2C[C@@](C)(OC)[C@@H](O)[C@H](C)O2)[C@H](C)[C@@H](O[C@@H]2O[C@H](C)C[C@H](N(C)C)[C@H]2OC(C)=O)[C@@](C)(O)C[C@@H](C)[C@H](O)[C@@H](C)[C@H]2OC(=O)O[C@]12C. The van der Waals surface area contributed by atoms with Crippen LogP contribution >= 0.6 is 0 Å². The molecule has 0 aromatic carbocycles. The van der Waals surface area contributed by atoms with Crippen LogP contribution in [0, 0.1) is 23.7 Å². The summed E-state index contributed by atoms with van der Waals surface area (Å²) in [6.45, 7) is 18.6. The molecule has 0 aliphatic carbocycles. The summed E-state index contributed by atoms with van der Waals surface area (Å²) in [4.78, 5) is 41.6. The number of nitrogens with zero attached hydrogens (tertiary/aromatic N) is 1. The van der Waals surface area contributed by atoms with E-state index < -0.39 is 120 Å². The maximum Gasteiger partial charge on any atom is 0.509 e. The Labute approximate surface area is 332 Å². The molecule has 4 saturated heterocycles. The Balaban J connectivity index is 1.87. The molecule has 324 valence electrons. The van der Waals surface area contributed by atoms with Gasteiger partial charge < -0.3 is 62.9 Å². The lowest BCUT2D eigenvalue weighted by Gasteiger charge is -2.49. The van der Waals surface area contributed by atoms with Gasteiger partial charge in [-0.3, -0.25) is 9.59 Å². The fraction of sp³-hybridized carbons (Fsp3) is 0.925. The first-order chi connectivity index (χ1) is 25.9. The first-order valence-corrected chi connectivity index (χ1v) is 20.1. The second kappa shape index (κ2) is 18.0. The highest BCUT2D eigenvalue weighted by Gasteiger charge is 2.59. The number of methoxy groups -OCH3 is 1. The number of likely N-dealkylation sites (N-methyl/N-ethyl adjacent to an activating group) is 1. The van der Waals surface area contributed by atoms with E-state index in [1.54, 1.807) is 62.3 Å². The number of fused-ring (bicyclic) bond motifs is 1. The van der Waals surface area contributed by atoms with E-state index in [2.05, 4.69) is 0 Å². The Morgan fingerprint density at radius 2 is 1.57 bits per heavy atom. The van der Waals surface area contributed by atoms with Gasteiger partial charge >= 0.3 is 18.1 Å². The molecular weight excluding hydrogens is 734 g/mol. The van der Waals surface area contributed by atoms with Crippen molar-refractivity contribution in [2.45, 2.75) is 192 Å². The van der Waals surface area contributed by atoms with Gasteiger partial charge in [0.1, 0.15) is 12.2 Å². The minimum absolute atomic E-state index is 0.0307. The van der Waals surface area contributed by atoms with Gasteiger partial charge in [-0.15, -0.1) is 0 Å². The van der Waals surface area contributed by atoms with Gasteiger partial charge in [0.25, 0.3) is 0 Å². The van der Waals surface area contributed by atoms with Gasteiger partial charge in [-0.05, 0) is 80.8 Å². The van der Waals surface area contributed by atoms with Crippen LogP contribution in [-0.4, -0.2) is 150 Å². The molecule has 16 heteroatoms. The zero-order valence-corrected chi connectivity index (χ0v) is 35.8. The third-order valence-electron chi connectivity index (χ3n) is 12.8. The van der Waals surface area contributed by atoms with Gasteiger partial charge in [-0.2, -0.15) is 0 Å². The van der Waals surface area contributed by atoms with Gasteiger partial charge in [0.05, 0.1) is 53.7 Å². The first-order valence-electron chi connectivity index (χ1n) is 20.1. The standard InChI is InChI=1S/C40H69NO15/c1-15-27-40(11)34(55-37(46)56-40)21(4)29(43)19(2)17-38(9,47)33(54-36-31(51-25(8)42)26(41(12)13)16-20(3)49-36)22(5)30(23(6)35(45)52-27)53-28-18-39(10,48-14)32(44)24(7)50-28/h19-24,26-34,36,43-44,47H,15-18H2,1-14H3/t19-,20-,21-,22+,23-,24+,26+,27+,28+,29+,30+,31-,32+,33-,34-,36+,38+,39-,40-/m1/s1. The third-order valence-corrected chi connectivity index (χ3v) is 12.8. The second-order valence-electron chi connectivity index (χ2n) is 17.7. The number of aliphatic hydroxyl groups excluding tert-OH is 2. The number of cyclic esters (lactones) is 1. The van der Waals surface area contributed by atoms with E-state index in [1.165, 1.54) is 14.0 Å². The van der Waals surface area contributed by atoms with Crippen LogP contribution < -0.4 is 0 Å². The van der Waals surface area contributed by atoms with Crippen LogP contribution in [-0.2, 0) is 52.2 Å². The molecule has 4 rings (SSSR count). The van der Waals surface area contributed by atoms with Crippen molar-refractivity contribution >= 4 is 18.1 Å². The predicted molar refractivity (Wildman–Crippen MR) is 200 cm³/mol. The van der Waals surface area contributed by atoms with Gasteiger partial charge in [0.15, 0.2) is 30.4 Å². The smallest absolute Gasteiger partial charge is 0.458 e. The number of hydrogen-bond acceptors (Lipinski definition) is 16. The van der Waals surface area contributed by atoms with E-state index in [1.807, 2.05) is 25.9 Å². The Bertz CT molecular complexity index is 1360. The van der Waals surface area contributed by atoms with Crippen LogP contribution in [0.1, 0.15) is 102 Å². The van der Waals surface area contributed by atoms with Crippen LogP contribution in [0.25, 0.3) is 0 Å². The average Bonchev–Trinajstić information content (AvgIpc) is 3.43. The summed E-state index contributed by atoms with van der Waals surface area (Å²) in [5.74, 6) is -4.45. The number of esters is 2. The summed E-state index contributed by atoms with van der Waals surface area (Å²) in [7, 11) is 5.23. The van der Waals surface area contributed by atoms with Crippen molar-refractivity contribution in [2.75, 3.05) is 21.2 Å². The van der Waals surface area contributed by atoms with Gasteiger partial charge in [0, 0.05) is 32.3 Å². The van der Waals surface area contributed by atoms with Crippen molar-refractivity contribution in [3.8, 4) is 0 Å². The van der Waals surface area contributed by atoms with E-state index in [0.717, 1.165) is 0 Å². The molecule has 0 radical (unpaired) electrons. The Hall–Kier alpha value is -2.15. The summed E-state index contributed by atoms with van der Waals surface area (Å²) in [5, 5.41) is 35.5. The van der Waals surface area contributed by atoms with Crippen molar-refractivity contribution < 1.29 is 72.3 Å². The normalized spacial score (nSPS) is 48.2. The van der Waals surface area contributed by atoms with Crippen molar-refractivity contribution in [1.82, 2.24) is 4.90 Å². The maximum absolute atomic E-state index is 14.4. The fourth-order valence-electron chi connectivity index (χ4n) is 9.51. The third kappa shape index (κ3) is 9.65. The zero-order valence-electron chi connectivity index (χ0n) is 35.8. The molecule has 19 atom stereocenters. The molecule has 0 saturated carbocycles. The molecule has 16 nitrogen and oxygen atoms in total. The molecule has 4 aliphatic rings. The minimum atomic E-state index is -1.76. The van der Waals surface area contributed by atoms with Crippen LogP contribution in [0.4, 0.5) is 4.79 Å². The van der Waals surface area contributed by atoms with Crippen molar-refractivity contribution in [3.05, 3.63) is 0 Å². The van der Waals surface area contributed by atoms with E-state index in [4.69, 9.17) is 42.6 Å². The van der Waals surface area contributed by atoms with E-state index in [-0.39, 0.29) is 31.4 Å². The van der Waals surface area contributed by atoms with Crippen LogP contribution in [0.5, 0.6) is 0 Å². The number of carbonyl (C=O) groups excluding carboxylic acids is 3. The van der Waals surface area contributed by atoms with Crippen molar-refractivity contribution in [3.63, 3.8) is 0 Å². The fourth-order valence-corrected chi connectivity index (χ4v) is 9.51. The molecule has 4 heterocycles. The lowest BCUT2D eigenvalue weighted by Crippen LogP contribution is -2.61. The molecule has 3 N–H and O–H groups in total. The Morgan fingerprint density at radius 1 is 0.929 bits per heavy atom. The summed E-state index contributed by atoms with van der Waals surface area (Å²) in [6.07, 6.45) is -10.6. The van der Waals surface area contributed by atoms with Crippen molar-refractivity contribution in [2.24, 2.45) is 23.7 Å². The Kier molecular flexibility index (Phi) is 15.0. The molecular formula is C40H69NO15. The monoisotopic (exact) mass is 803 g/mol. The lowest BCUT2D eigenvalue weighted by molar-refractivity contribution is -0.319. The quantitative estimate of drug-likeness (QED) is 0.238. The number of carbonyl (C=O) groups is 3. The summed E-state index contributed by atoms with van der Waals surface area (Å²) in [6, 6.07) is -0.305. The molecule has 0 bridgehead atoms. The molecule has 0 aromatic heterocycles. The Morgan fingerprint density at radius 3 is 2.14 bits per heavy atom. The zero-order chi connectivity index (χ0) is 42.2. The largest absolute Gasteiger partial charge is 0.509 e. The topological polar surface area (TPSA) is 198 Å². The highest BCUT2D eigenvalue weighted by Crippen LogP contribution is 2.44. The first kappa shape index (κ1) is 46.5. The van der Waals surface area contributed by atoms with Crippen LogP contribution in [0.15, 0.2) is 0 Å². The highest BCUT2D eigenvalue weighted by atomic mass is 16.8. The second-order valence-corrected chi connectivity index (χ2v) is 17.7. The molecule has 4 fully saturated rings. The van der Waals surface area contributed by atoms with Gasteiger partial charge in [0.2, 0.25) is 0 Å². The van der Waals surface area contributed by atoms with Crippen LogP contribution in [0.3, 0.4) is 0 Å². The van der Waals surface area contributed by atoms with E-state index in [0.29, 0.717) is 6.42 Å². The minimum Gasteiger partial charge on any atom is -0.458 e. The summed E-state index contributed by atoms with van der Waals surface area (Å²) in [5.41, 5.74) is -4.28. The van der Waals surface area contributed by atoms with Crippen LogP contribution in [0.2, 0.25) is 0 Å². The number of aliphatic hydroxyl groups is 3. The van der Waals surface area contributed by atoms with E-state index >= 15 is 0 Å². The molecule has 0 amide bonds. The molecule has 0 aromatic rings.